The molecular weight excluding hydrogens is 312 g/mol. The van der Waals surface area contributed by atoms with Gasteiger partial charge in [0.05, 0.1) is 6.20 Å². The molecule has 2 fully saturated rings. The number of aromatic nitrogens is 2. The lowest BCUT2D eigenvalue weighted by molar-refractivity contribution is -0.131. The quantitative estimate of drug-likeness (QED) is 0.862. The van der Waals surface area contributed by atoms with E-state index in [2.05, 4.69) is 46.5 Å². The van der Waals surface area contributed by atoms with Gasteiger partial charge in [-0.05, 0) is 12.0 Å². The number of hydrogen-bond donors (Lipinski definition) is 0. The molecule has 0 saturated carbocycles. The molecule has 0 radical (unpaired) electrons. The molecule has 0 spiro atoms. The molecule has 2 aliphatic rings. The highest BCUT2D eigenvalue weighted by atomic mass is 16.2. The van der Waals surface area contributed by atoms with E-state index in [0.29, 0.717) is 17.9 Å². The second kappa shape index (κ2) is 6.64. The molecule has 1 aromatic carbocycles. The topological polar surface area (TPSA) is 41.4 Å². The SMILES string of the molecule is CC(=O)N1CC[C@@H]2[C@H](C1)[C@@H](c1ccccc1)CN2Cc1cnn(C)c1. The number of hydrogen-bond acceptors (Lipinski definition) is 3. The number of likely N-dealkylation sites (tertiary alicyclic amines) is 2. The van der Waals surface area contributed by atoms with Gasteiger partial charge in [-0.15, -0.1) is 0 Å². The Labute approximate surface area is 149 Å². The summed E-state index contributed by atoms with van der Waals surface area (Å²) < 4.78 is 1.87. The molecule has 2 aliphatic heterocycles. The second-order valence-corrected chi connectivity index (χ2v) is 7.45. The molecular formula is C20H26N4O. The van der Waals surface area contributed by atoms with Crippen LogP contribution in [0.1, 0.15) is 30.4 Å². The second-order valence-electron chi connectivity index (χ2n) is 7.45. The number of piperidine rings is 1. The zero-order valence-electron chi connectivity index (χ0n) is 15.0. The Morgan fingerprint density at radius 2 is 2.04 bits per heavy atom. The molecule has 1 amide bonds. The predicted octanol–water partition coefficient (Wildman–Crippen LogP) is 2.26. The molecule has 5 heteroatoms. The Morgan fingerprint density at radius 3 is 2.72 bits per heavy atom. The molecule has 132 valence electrons. The maximum Gasteiger partial charge on any atom is 0.219 e. The minimum atomic E-state index is 0.205. The highest BCUT2D eigenvalue weighted by molar-refractivity contribution is 5.73. The first-order valence-corrected chi connectivity index (χ1v) is 9.14. The van der Waals surface area contributed by atoms with Crippen molar-refractivity contribution in [3.8, 4) is 0 Å². The van der Waals surface area contributed by atoms with Crippen LogP contribution >= 0.6 is 0 Å². The largest absolute Gasteiger partial charge is 0.343 e. The predicted molar refractivity (Wildman–Crippen MR) is 97.0 cm³/mol. The van der Waals surface area contributed by atoms with Crippen LogP contribution in [0.2, 0.25) is 0 Å². The molecule has 25 heavy (non-hydrogen) atoms. The summed E-state index contributed by atoms with van der Waals surface area (Å²) in [5, 5.41) is 4.31. The first kappa shape index (κ1) is 16.3. The Kier molecular flexibility index (Phi) is 4.34. The van der Waals surface area contributed by atoms with Crippen molar-refractivity contribution in [1.82, 2.24) is 19.6 Å². The third kappa shape index (κ3) is 3.21. The van der Waals surface area contributed by atoms with Gasteiger partial charge in [-0.2, -0.15) is 5.10 Å². The van der Waals surface area contributed by atoms with Gasteiger partial charge in [0.25, 0.3) is 0 Å². The van der Waals surface area contributed by atoms with E-state index in [1.165, 1.54) is 11.1 Å². The summed E-state index contributed by atoms with van der Waals surface area (Å²) in [7, 11) is 1.97. The molecule has 5 nitrogen and oxygen atoms in total. The summed E-state index contributed by atoms with van der Waals surface area (Å²) in [6, 6.07) is 11.3. The summed E-state index contributed by atoms with van der Waals surface area (Å²) in [5.74, 6) is 1.21. The van der Waals surface area contributed by atoms with Crippen LogP contribution in [0, 0.1) is 5.92 Å². The zero-order chi connectivity index (χ0) is 17.4. The van der Waals surface area contributed by atoms with Crippen LogP contribution < -0.4 is 0 Å². The standard InChI is InChI=1S/C20H26N4O/c1-15(25)23-9-8-20-19(14-23)18(17-6-4-3-5-7-17)13-24(20)12-16-10-21-22(2)11-16/h3-7,10-11,18-20H,8-9,12-14H2,1-2H3/t18-,19-,20-/m1/s1. The minimum Gasteiger partial charge on any atom is -0.343 e. The molecule has 0 unspecified atom stereocenters. The van der Waals surface area contributed by atoms with E-state index < -0.39 is 0 Å². The number of benzene rings is 1. The van der Waals surface area contributed by atoms with E-state index in [4.69, 9.17) is 0 Å². The zero-order valence-corrected chi connectivity index (χ0v) is 15.0. The van der Waals surface area contributed by atoms with E-state index >= 15 is 0 Å². The van der Waals surface area contributed by atoms with Gasteiger partial charge in [0.15, 0.2) is 0 Å². The molecule has 3 heterocycles. The van der Waals surface area contributed by atoms with Crippen molar-refractivity contribution >= 4 is 5.91 Å². The number of rotatable bonds is 3. The Balaban J connectivity index is 1.59. The summed E-state index contributed by atoms with van der Waals surface area (Å²) >= 11 is 0. The normalized spacial score (nSPS) is 26.6. The van der Waals surface area contributed by atoms with Gasteiger partial charge in [0.1, 0.15) is 0 Å². The van der Waals surface area contributed by atoms with Crippen molar-refractivity contribution < 1.29 is 4.79 Å². The van der Waals surface area contributed by atoms with Gasteiger partial charge in [-0.1, -0.05) is 30.3 Å². The maximum atomic E-state index is 11.9. The maximum absolute atomic E-state index is 11.9. The molecule has 0 N–H and O–H groups in total. The fourth-order valence-corrected chi connectivity index (χ4v) is 4.65. The average Bonchev–Trinajstić information content (AvgIpc) is 3.19. The molecule has 0 aliphatic carbocycles. The third-order valence-electron chi connectivity index (χ3n) is 5.85. The first-order valence-electron chi connectivity index (χ1n) is 9.14. The molecule has 3 atom stereocenters. The van der Waals surface area contributed by atoms with Crippen molar-refractivity contribution in [2.75, 3.05) is 19.6 Å². The summed E-state index contributed by atoms with van der Waals surface area (Å²) in [5.41, 5.74) is 2.67. The van der Waals surface area contributed by atoms with Gasteiger partial charge in [-0.3, -0.25) is 14.4 Å². The highest BCUT2D eigenvalue weighted by Gasteiger charge is 2.45. The van der Waals surface area contributed by atoms with E-state index in [0.717, 1.165) is 32.6 Å². The van der Waals surface area contributed by atoms with E-state index in [1.54, 1.807) is 6.92 Å². The lowest BCUT2D eigenvalue weighted by Gasteiger charge is -2.38. The van der Waals surface area contributed by atoms with Crippen LogP contribution in [-0.4, -0.2) is 51.2 Å². The van der Waals surface area contributed by atoms with Crippen LogP contribution in [-0.2, 0) is 18.4 Å². The number of carbonyl (C=O) groups is 1. The number of amides is 1. The van der Waals surface area contributed by atoms with Gasteiger partial charge in [0.2, 0.25) is 5.91 Å². The van der Waals surface area contributed by atoms with Crippen molar-refractivity contribution in [3.05, 3.63) is 53.9 Å². The Bertz CT molecular complexity index is 741. The Hall–Kier alpha value is -2.14. The van der Waals surface area contributed by atoms with Crippen molar-refractivity contribution in [3.63, 3.8) is 0 Å². The molecule has 1 aromatic heterocycles. The number of aryl methyl sites for hydroxylation is 1. The minimum absolute atomic E-state index is 0.205. The lowest BCUT2D eigenvalue weighted by atomic mass is 9.82. The smallest absolute Gasteiger partial charge is 0.219 e. The molecule has 2 saturated heterocycles. The summed E-state index contributed by atoms with van der Waals surface area (Å²) in [6.07, 6.45) is 5.14. The average molecular weight is 338 g/mol. The van der Waals surface area contributed by atoms with E-state index in [1.807, 2.05) is 22.8 Å². The fraction of sp³-hybridized carbons (Fsp3) is 0.500. The van der Waals surface area contributed by atoms with Crippen LogP contribution in [0.25, 0.3) is 0 Å². The van der Waals surface area contributed by atoms with Gasteiger partial charge >= 0.3 is 0 Å². The molecule has 0 bridgehead atoms. The highest BCUT2D eigenvalue weighted by Crippen LogP contribution is 2.42. The van der Waals surface area contributed by atoms with Gasteiger partial charge < -0.3 is 4.90 Å². The van der Waals surface area contributed by atoms with Crippen LogP contribution in [0.5, 0.6) is 0 Å². The fourth-order valence-electron chi connectivity index (χ4n) is 4.65. The van der Waals surface area contributed by atoms with Crippen LogP contribution in [0.15, 0.2) is 42.7 Å². The molecule has 4 rings (SSSR count). The van der Waals surface area contributed by atoms with Gasteiger partial charge in [-0.25, -0.2) is 0 Å². The van der Waals surface area contributed by atoms with Crippen LogP contribution in [0.3, 0.4) is 0 Å². The molecule has 2 aromatic rings. The van der Waals surface area contributed by atoms with Crippen molar-refractivity contribution in [2.45, 2.75) is 31.8 Å². The van der Waals surface area contributed by atoms with Crippen molar-refractivity contribution in [1.29, 1.82) is 0 Å². The van der Waals surface area contributed by atoms with E-state index in [-0.39, 0.29) is 5.91 Å². The number of carbonyl (C=O) groups excluding carboxylic acids is 1. The monoisotopic (exact) mass is 338 g/mol. The summed E-state index contributed by atoms with van der Waals surface area (Å²) in [4.78, 5) is 16.5. The first-order chi connectivity index (χ1) is 12.1. The van der Waals surface area contributed by atoms with E-state index in [9.17, 15) is 4.79 Å². The number of nitrogens with zero attached hydrogens (tertiary/aromatic N) is 4. The number of fused-ring (bicyclic) bond motifs is 1. The van der Waals surface area contributed by atoms with Crippen molar-refractivity contribution in [2.24, 2.45) is 13.0 Å². The van der Waals surface area contributed by atoms with Gasteiger partial charge in [0, 0.05) is 69.8 Å². The lowest BCUT2D eigenvalue weighted by Crippen LogP contribution is -2.47. The summed E-state index contributed by atoms with van der Waals surface area (Å²) in [6.45, 7) is 5.45. The third-order valence-corrected chi connectivity index (χ3v) is 5.85. The van der Waals surface area contributed by atoms with Crippen LogP contribution in [0.4, 0.5) is 0 Å². The Morgan fingerprint density at radius 1 is 1.24 bits per heavy atom.